The van der Waals surface area contributed by atoms with E-state index in [1.54, 1.807) is 0 Å². The molecular formula is C16H31Cl2N3O. The maximum absolute atomic E-state index is 12.8. The fourth-order valence-electron chi connectivity index (χ4n) is 4.30. The fourth-order valence-corrected chi connectivity index (χ4v) is 4.30. The van der Waals surface area contributed by atoms with Crippen LogP contribution in [0.2, 0.25) is 0 Å². The third-order valence-corrected chi connectivity index (χ3v) is 5.63. The lowest BCUT2D eigenvalue weighted by molar-refractivity contribution is -0.138. The van der Waals surface area contributed by atoms with Gasteiger partial charge in [-0.3, -0.25) is 9.69 Å². The predicted molar refractivity (Wildman–Crippen MR) is 95.1 cm³/mol. The van der Waals surface area contributed by atoms with E-state index in [9.17, 15) is 4.79 Å². The minimum atomic E-state index is 0. The molecule has 1 N–H and O–H groups in total. The zero-order valence-electron chi connectivity index (χ0n) is 13.7. The van der Waals surface area contributed by atoms with Crippen LogP contribution in [0.3, 0.4) is 0 Å². The Morgan fingerprint density at radius 2 is 1.91 bits per heavy atom. The van der Waals surface area contributed by atoms with Crippen LogP contribution in [-0.4, -0.2) is 61.0 Å². The number of likely N-dealkylation sites (tertiary alicyclic amines) is 2. The predicted octanol–water partition coefficient (Wildman–Crippen LogP) is 2.31. The normalized spacial score (nSPS) is 27.5. The van der Waals surface area contributed by atoms with Gasteiger partial charge in [-0.05, 0) is 63.6 Å². The van der Waals surface area contributed by atoms with Crippen LogP contribution in [0.25, 0.3) is 0 Å². The summed E-state index contributed by atoms with van der Waals surface area (Å²) in [4.78, 5) is 17.3. The lowest BCUT2D eigenvalue weighted by Gasteiger charge is -2.40. The standard InChI is InChI=1S/C16H29N3O.2ClH/c1-2-9-18-10-3-4-14(18)15(20)19-11-6-16(7-12-19)5-8-17-13-16;;/h14,17H,2-13H2,1H3;2*1H. The van der Waals surface area contributed by atoms with Crippen LogP contribution in [0.4, 0.5) is 0 Å². The monoisotopic (exact) mass is 351 g/mol. The highest BCUT2D eigenvalue weighted by molar-refractivity contribution is 5.85. The number of amides is 1. The van der Waals surface area contributed by atoms with Gasteiger partial charge in [0, 0.05) is 19.6 Å². The number of carbonyl (C=O) groups is 1. The SMILES string of the molecule is CCCN1CCCC1C(=O)N1CCC2(CCNC2)CC1.Cl.Cl. The molecule has 1 amide bonds. The molecule has 0 aromatic heterocycles. The quantitative estimate of drug-likeness (QED) is 0.847. The Kier molecular flexibility index (Phi) is 7.93. The number of hydrogen-bond acceptors (Lipinski definition) is 3. The van der Waals surface area contributed by atoms with Crippen molar-refractivity contribution in [2.75, 3.05) is 39.3 Å². The summed E-state index contributed by atoms with van der Waals surface area (Å²) in [6.07, 6.45) is 7.12. The summed E-state index contributed by atoms with van der Waals surface area (Å²) >= 11 is 0. The maximum Gasteiger partial charge on any atom is 0.239 e. The fraction of sp³-hybridized carbons (Fsp3) is 0.938. The van der Waals surface area contributed by atoms with Gasteiger partial charge in [-0.1, -0.05) is 6.92 Å². The highest BCUT2D eigenvalue weighted by Gasteiger charge is 2.40. The van der Waals surface area contributed by atoms with Crippen LogP contribution in [0.15, 0.2) is 0 Å². The van der Waals surface area contributed by atoms with E-state index in [2.05, 4.69) is 22.0 Å². The van der Waals surface area contributed by atoms with Gasteiger partial charge in [0.15, 0.2) is 0 Å². The van der Waals surface area contributed by atoms with E-state index in [-0.39, 0.29) is 30.9 Å². The first-order valence-electron chi connectivity index (χ1n) is 8.48. The van der Waals surface area contributed by atoms with Gasteiger partial charge in [0.2, 0.25) is 5.91 Å². The van der Waals surface area contributed by atoms with E-state index in [1.165, 1.54) is 38.8 Å². The first kappa shape index (κ1) is 20.0. The molecule has 22 heavy (non-hydrogen) atoms. The molecule has 0 radical (unpaired) electrons. The first-order valence-corrected chi connectivity index (χ1v) is 8.48. The van der Waals surface area contributed by atoms with Gasteiger partial charge in [0.05, 0.1) is 6.04 Å². The van der Waals surface area contributed by atoms with Gasteiger partial charge in [-0.2, -0.15) is 0 Å². The molecule has 0 aromatic carbocycles. The topological polar surface area (TPSA) is 35.6 Å². The molecule has 0 bridgehead atoms. The summed E-state index contributed by atoms with van der Waals surface area (Å²) in [5.74, 6) is 0.414. The average molecular weight is 352 g/mol. The van der Waals surface area contributed by atoms with Crippen LogP contribution in [-0.2, 0) is 4.79 Å². The second-order valence-corrected chi connectivity index (χ2v) is 6.95. The van der Waals surface area contributed by atoms with Crippen LogP contribution < -0.4 is 5.32 Å². The molecule has 130 valence electrons. The van der Waals surface area contributed by atoms with Gasteiger partial charge in [0.25, 0.3) is 0 Å². The van der Waals surface area contributed by atoms with Gasteiger partial charge in [0.1, 0.15) is 0 Å². The molecule has 0 saturated carbocycles. The number of piperidine rings is 1. The third kappa shape index (κ3) is 4.08. The molecule has 1 atom stereocenters. The molecule has 3 fully saturated rings. The first-order chi connectivity index (χ1) is 9.74. The molecule has 1 unspecified atom stereocenters. The molecule has 0 aromatic rings. The van der Waals surface area contributed by atoms with Crippen molar-refractivity contribution in [3.63, 3.8) is 0 Å². The number of nitrogens with one attached hydrogen (secondary N) is 1. The zero-order chi connectivity index (χ0) is 14.0. The van der Waals surface area contributed by atoms with Crippen molar-refractivity contribution in [3.8, 4) is 0 Å². The summed E-state index contributed by atoms with van der Waals surface area (Å²) in [5.41, 5.74) is 0.509. The van der Waals surface area contributed by atoms with E-state index in [4.69, 9.17) is 0 Å². The number of nitrogens with zero attached hydrogens (tertiary/aromatic N) is 2. The smallest absolute Gasteiger partial charge is 0.239 e. The molecule has 3 aliphatic heterocycles. The van der Waals surface area contributed by atoms with Crippen LogP contribution in [0.1, 0.15) is 45.4 Å². The summed E-state index contributed by atoms with van der Waals surface area (Å²) in [7, 11) is 0. The van der Waals surface area contributed by atoms with Crippen LogP contribution in [0, 0.1) is 5.41 Å². The van der Waals surface area contributed by atoms with Gasteiger partial charge in [-0.25, -0.2) is 0 Å². The Morgan fingerprint density at radius 1 is 1.18 bits per heavy atom. The van der Waals surface area contributed by atoms with E-state index in [1.807, 2.05) is 0 Å². The Hall–Kier alpha value is -0.0300. The molecule has 3 saturated heterocycles. The van der Waals surface area contributed by atoms with Crippen molar-refractivity contribution in [2.45, 2.75) is 51.5 Å². The molecular weight excluding hydrogens is 321 g/mol. The lowest BCUT2D eigenvalue weighted by Crippen LogP contribution is -2.50. The van der Waals surface area contributed by atoms with Crippen LogP contribution >= 0.6 is 24.8 Å². The molecule has 0 aliphatic carbocycles. The Bertz CT molecular complexity index is 351. The van der Waals surface area contributed by atoms with E-state index in [0.717, 1.165) is 39.0 Å². The van der Waals surface area contributed by atoms with Crippen molar-refractivity contribution in [2.24, 2.45) is 5.41 Å². The highest BCUT2D eigenvalue weighted by atomic mass is 35.5. The Balaban J connectivity index is 0.00000121. The molecule has 6 heteroatoms. The molecule has 4 nitrogen and oxygen atoms in total. The van der Waals surface area contributed by atoms with Crippen molar-refractivity contribution in [1.82, 2.24) is 15.1 Å². The van der Waals surface area contributed by atoms with Crippen LogP contribution in [0.5, 0.6) is 0 Å². The number of carbonyl (C=O) groups excluding carboxylic acids is 1. The van der Waals surface area contributed by atoms with Crippen molar-refractivity contribution >= 4 is 30.7 Å². The summed E-state index contributed by atoms with van der Waals surface area (Å²) in [5, 5.41) is 3.49. The third-order valence-electron chi connectivity index (χ3n) is 5.63. The summed E-state index contributed by atoms with van der Waals surface area (Å²) in [6.45, 7) is 8.71. The van der Waals surface area contributed by atoms with Crippen molar-refractivity contribution < 1.29 is 4.79 Å². The second-order valence-electron chi connectivity index (χ2n) is 6.95. The minimum Gasteiger partial charge on any atom is -0.341 e. The molecule has 3 heterocycles. The van der Waals surface area contributed by atoms with Gasteiger partial charge in [-0.15, -0.1) is 24.8 Å². The second kappa shape index (κ2) is 8.72. The van der Waals surface area contributed by atoms with Gasteiger partial charge < -0.3 is 10.2 Å². The highest BCUT2D eigenvalue weighted by Crippen LogP contribution is 2.37. The molecule has 3 rings (SSSR count). The van der Waals surface area contributed by atoms with Gasteiger partial charge >= 0.3 is 0 Å². The Morgan fingerprint density at radius 3 is 2.50 bits per heavy atom. The number of hydrogen-bond donors (Lipinski definition) is 1. The van der Waals surface area contributed by atoms with E-state index < -0.39 is 0 Å². The number of rotatable bonds is 3. The minimum absolute atomic E-state index is 0. The molecule has 1 spiro atoms. The Labute approximate surface area is 147 Å². The number of halogens is 2. The average Bonchev–Trinajstić information content (AvgIpc) is 3.10. The lowest BCUT2D eigenvalue weighted by atomic mass is 9.77. The molecule has 3 aliphatic rings. The maximum atomic E-state index is 12.8. The van der Waals surface area contributed by atoms with Crippen molar-refractivity contribution in [1.29, 1.82) is 0 Å². The largest absolute Gasteiger partial charge is 0.341 e. The zero-order valence-corrected chi connectivity index (χ0v) is 15.3. The summed E-state index contributed by atoms with van der Waals surface area (Å²) in [6, 6.07) is 0.186. The van der Waals surface area contributed by atoms with E-state index in [0.29, 0.717) is 11.3 Å². The van der Waals surface area contributed by atoms with Crippen molar-refractivity contribution in [3.05, 3.63) is 0 Å². The van der Waals surface area contributed by atoms with E-state index >= 15 is 0 Å². The summed E-state index contributed by atoms with van der Waals surface area (Å²) < 4.78 is 0.